The Morgan fingerprint density at radius 3 is 2.50 bits per heavy atom. The van der Waals surface area contributed by atoms with Gasteiger partial charge in [0.15, 0.2) is 5.69 Å². The normalized spacial score (nSPS) is 16.1. The lowest BCUT2D eigenvalue weighted by molar-refractivity contribution is -0.144. The van der Waals surface area contributed by atoms with Crippen LogP contribution in [0.25, 0.3) is 5.69 Å². The maximum Gasteiger partial charge on any atom is 0.329 e. The van der Waals surface area contributed by atoms with Crippen LogP contribution in [-0.2, 0) is 4.79 Å². The number of ether oxygens (including phenoxy) is 1. The highest BCUT2D eigenvalue weighted by atomic mass is 32.2. The number of methoxy groups -OCH3 is 1. The molecule has 2 heterocycles. The highest BCUT2D eigenvalue weighted by Crippen LogP contribution is 2.28. The predicted molar refractivity (Wildman–Crippen MR) is 97.0 cm³/mol. The van der Waals surface area contributed by atoms with Crippen molar-refractivity contribution in [1.29, 1.82) is 0 Å². The van der Waals surface area contributed by atoms with Crippen molar-refractivity contribution in [3.05, 3.63) is 35.7 Å². The number of aromatic nitrogens is 3. The molecule has 0 bridgehead atoms. The molecule has 1 aromatic heterocycles. The summed E-state index contributed by atoms with van der Waals surface area (Å²) in [6, 6.07) is 7.18. The largest absolute Gasteiger partial charge is 0.497 e. The number of amides is 1. The lowest BCUT2D eigenvalue weighted by Crippen LogP contribution is -2.56. The van der Waals surface area contributed by atoms with Gasteiger partial charge in [-0.15, -0.1) is 5.10 Å². The number of carboxylic acid groups (broad SMARTS) is 1. The van der Waals surface area contributed by atoms with Gasteiger partial charge in [0, 0.05) is 0 Å². The molecule has 1 fully saturated rings. The maximum absolute atomic E-state index is 12.7. The van der Waals surface area contributed by atoms with E-state index in [1.807, 2.05) is 0 Å². The van der Waals surface area contributed by atoms with Crippen LogP contribution >= 0.6 is 11.8 Å². The fraction of sp³-hybridized carbons (Fsp3) is 0.412. The SMILES string of the molecule is COc1ccc(-n2nnc(C(=O)NC3(C(=O)O)CCSCC3)c2C)cc1. The first kappa shape index (κ1) is 18.2. The van der Waals surface area contributed by atoms with Gasteiger partial charge in [-0.05, 0) is 55.5 Å². The second-order valence-electron chi connectivity index (χ2n) is 6.09. The molecule has 0 aliphatic carbocycles. The number of nitrogens with one attached hydrogen (secondary N) is 1. The summed E-state index contributed by atoms with van der Waals surface area (Å²) in [4.78, 5) is 24.4. The summed E-state index contributed by atoms with van der Waals surface area (Å²) in [6.45, 7) is 1.73. The highest BCUT2D eigenvalue weighted by molar-refractivity contribution is 7.99. The Bertz CT molecular complexity index is 813. The first-order valence-corrected chi connectivity index (χ1v) is 9.33. The number of hydrogen-bond donors (Lipinski definition) is 2. The van der Waals surface area contributed by atoms with E-state index >= 15 is 0 Å². The van der Waals surface area contributed by atoms with E-state index < -0.39 is 17.4 Å². The smallest absolute Gasteiger partial charge is 0.329 e. The maximum atomic E-state index is 12.7. The van der Waals surface area contributed by atoms with Crippen molar-refractivity contribution in [1.82, 2.24) is 20.3 Å². The minimum Gasteiger partial charge on any atom is -0.497 e. The Morgan fingerprint density at radius 1 is 1.27 bits per heavy atom. The van der Waals surface area contributed by atoms with Crippen molar-refractivity contribution >= 4 is 23.6 Å². The third-order valence-corrected chi connectivity index (χ3v) is 5.52. The number of thioether (sulfide) groups is 1. The molecule has 0 saturated carbocycles. The molecule has 2 aromatic rings. The minimum atomic E-state index is -1.24. The Morgan fingerprint density at radius 2 is 1.92 bits per heavy atom. The number of carbonyl (C=O) groups excluding carboxylic acids is 1. The van der Waals surface area contributed by atoms with Gasteiger partial charge < -0.3 is 15.2 Å². The Labute approximate surface area is 154 Å². The molecular formula is C17H20N4O4S. The van der Waals surface area contributed by atoms with E-state index in [0.29, 0.717) is 35.8 Å². The van der Waals surface area contributed by atoms with E-state index in [4.69, 9.17) is 4.74 Å². The van der Waals surface area contributed by atoms with Gasteiger partial charge in [0.05, 0.1) is 18.5 Å². The third-order valence-electron chi connectivity index (χ3n) is 4.54. The zero-order chi connectivity index (χ0) is 18.7. The van der Waals surface area contributed by atoms with Crippen molar-refractivity contribution < 1.29 is 19.4 Å². The topological polar surface area (TPSA) is 106 Å². The van der Waals surface area contributed by atoms with Gasteiger partial charge in [-0.25, -0.2) is 9.48 Å². The summed E-state index contributed by atoms with van der Waals surface area (Å²) in [5, 5.41) is 20.3. The van der Waals surface area contributed by atoms with Crippen LogP contribution in [0.5, 0.6) is 5.75 Å². The molecule has 26 heavy (non-hydrogen) atoms. The van der Waals surface area contributed by atoms with E-state index in [1.165, 1.54) is 0 Å². The van der Waals surface area contributed by atoms with Gasteiger partial charge in [0.2, 0.25) is 0 Å². The summed E-state index contributed by atoms with van der Waals surface area (Å²) in [6.07, 6.45) is 0.787. The molecule has 1 aliphatic rings. The second kappa shape index (κ2) is 7.36. The molecule has 8 nitrogen and oxygen atoms in total. The molecule has 3 rings (SSSR count). The molecule has 1 amide bonds. The number of benzene rings is 1. The van der Waals surface area contributed by atoms with E-state index in [9.17, 15) is 14.7 Å². The monoisotopic (exact) mass is 376 g/mol. The summed E-state index contributed by atoms with van der Waals surface area (Å²) in [5.41, 5.74) is 0.161. The summed E-state index contributed by atoms with van der Waals surface area (Å²) >= 11 is 1.69. The number of carboxylic acids is 1. The van der Waals surface area contributed by atoms with Gasteiger partial charge in [0.25, 0.3) is 5.91 Å². The molecule has 0 spiro atoms. The van der Waals surface area contributed by atoms with E-state index in [1.54, 1.807) is 54.7 Å². The fourth-order valence-electron chi connectivity index (χ4n) is 2.90. The van der Waals surface area contributed by atoms with Crippen LogP contribution in [0.15, 0.2) is 24.3 Å². The van der Waals surface area contributed by atoms with Crippen LogP contribution in [0.1, 0.15) is 29.0 Å². The quantitative estimate of drug-likeness (QED) is 0.817. The van der Waals surface area contributed by atoms with Crippen LogP contribution in [0.3, 0.4) is 0 Å². The number of carbonyl (C=O) groups is 2. The number of hydrogen-bond acceptors (Lipinski definition) is 6. The van der Waals surface area contributed by atoms with E-state index in [0.717, 1.165) is 5.69 Å². The standard InChI is InChI=1S/C17H20N4O4S/c1-11-14(15(22)18-17(16(23)24)7-9-26-10-8-17)19-20-21(11)12-3-5-13(25-2)6-4-12/h3-6H,7-10H2,1-2H3,(H,18,22)(H,23,24). The molecule has 9 heteroatoms. The lowest BCUT2D eigenvalue weighted by Gasteiger charge is -2.33. The lowest BCUT2D eigenvalue weighted by atomic mass is 9.92. The molecule has 138 valence electrons. The molecule has 2 N–H and O–H groups in total. The van der Waals surface area contributed by atoms with Crippen molar-refractivity contribution in [2.45, 2.75) is 25.3 Å². The van der Waals surface area contributed by atoms with Crippen LogP contribution in [0, 0.1) is 6.92 Å². The third kappa shape index (κ3) is 3.39. The molecule has 1 aromatic carbocycles. The average Bonchev–Trinajstić information content (AvgIpc) is 3.04. The number of rotatable bonds is 5. The van der Waals surface area contributed by atoms with Crippen LogP contribution in [0.4, 0.5) is 0 Å². The van der Waals surface area contributed by atoms with Gasteiger partial charge in [-0.3, -0.25) is 4.79 Å². The van der Waals surface area contributed by atoms with Crippen LogP contribution in [-0.4, -0.2) is 56.1 Å². The fourth-order valence-corrected chi connectivity index (χ4v) is 4.09. The summed E-state index contributed by atoms with van der Waals surface area (Å²) in [7, 11) is 1.58. The van der Waals surface area contributed by atoms with Gasteiger partial charge in [-0.2, -0.15) is 11.8 Å². The Balaban J connectivity index is 1.84. The number of nitrogens with zero attached hydrogens (tertiary/aromatic N) is 3. The molecule has 0 radical (unpaired) electrons. The molecule has 0 atom stereocenters. The van der Waals surface area contributed by atoms with Crippen molar-refractivity contribution in [2.75, 3.05) is 18.6 Å². The van der Waals surface area contributed by atoms with Crippen LogP contribution < -0.4 is 10.1 Å². The highest BCUT2D eigenvalue weighted by Gasteiger charge is 2.42. The van der Waals surface area contributed by atoms with Gasteiger partial charge in [0.1, 0.15) is 11.3 Å². The van der Waals surface area contributed by atoms with Gasteiger partial charge in [-0.1, -0.05) is 5.21 Å². The zero-order valence-electron chi connectivity index (χ0n) is 14.6. The zero-order valence-corrected chi connectivity index (χ0v) is 15.4. The Hall–Kier alpha value is -2.55. The molecular weight excluding hydrogens is 356 g/mol. The van der Waals surface area contributed by atoms with E-state index in [2.05, 4.69) is 15.6 Å². The van der Waals surface area contributed by atoms with Crippen molar-refractivity contribution in [3.63, 3.8) is 0 Å². The summed E-state index contributed by atoms with van der Waals surface area (Å²) in [5.74, 6) is 0.583. The average molecular weight is 376 g/mol. The number of aliphatic carboxylic acids is 1. The Kier molecular flexibility index (Phi) is 5.17. The first-order valence-electron chi connectivity index (χ1n) is 8.17. The van der Waals surface area contributed by atoms with Crippen LogP contribution in [0.2, 0.25) is 0 Å². The van der Waals surface area contributed by atoms with Crippen molar-refractivity contribution in [3.8, 4) is 11.4 Å². The molecule has 1 aliphatic heterocycles. The summed E-state index contributed by atoms with van der Waals surface area (Å²) < 4.78 is 6.67. The van der Waals surface area contributed by atoms with Gasteiger partial charge >= 0.3 is 5.97 Å². The second-order valence-corrected chi connectivity index (χ2v) is 7.31. The molecule has 0 unspecified atom stereocenters. The first-order chi connectivity index (χ1) is 12.5. The molecule has 1 saturated heterocycles. The predicted octanol–water partition coefficient (Wildman–Crippen LogP) is 1.66. The minimum absolute atomic E-state index is 0.125. The van der Waals surface area contributed by atoms with E-state index in [-0.39, 0.29) is 5.69 Å². The van der Waals surface area contributed by atoms with Crippen molar-refractivity contribution in [2.24, 2.45) is 0 Å².